The van der Waals surface area contributed by atoms with E-state index in [4.69, 9.17) is 11.6 Å². The minimum atomic E-state index is -0.268. The minimum Gasteiger partial charge on any atom is -0.322 e. The summed E-state index contributed by atoms with van der Waals surface area (Å²) < 4.78 is 2.67. The normalized spacial score (nSPS) is 10.6. The van der Waals surface area contributed by atoms with Gasteiger partial charge in [0.2, 0.25) is 0 Å². The summed E-state index contributed by atoms with van der Waals surface area (Å²) in [7, 11) is 0. The first-order valence-electron chi connectivity index (χ1n) is 6.93. The van der Waals surface area contributed by atoms with E-state index in [1.165, 1.54) is 0 Å². The molecule has 0 radical (unpaired) electrons. The molecule has 0 spiro atoms. The molecule has 1 heterocycles. The molecule has 1 N–H and O–H groups in total. The summed E-state index contributed by atoms with van der Waals surface area (Å²) in [6.07, 6.45) is 0. The van der Waals surface area contributed by atoms with Gasteiger partial charge in [0.25, 0.3) is 5.91 Å². The number of hydrogen-bond donors (Lipinski definition) is 1. The third-order valence-electron chi connectivity index (χ3n) is 3.33. The van der Waals surface area contributed by atoms with E-state index < -0.39 is 0 Å². The zero-order valence-electron chi connectivity index (χ0n) is 12.3. The maximum absolute atomic E-state index is 12.5. The van der Waals surface area contributed by atoms with Crippen LogP contribution in [0.2, 0.25) is 5.15 Å². The second kappa shape index (κ2) is 6.72. The second-order valence-corrected chi connectivity index (χ2v) is 6.56. The number of carbonyl (C=O) groups excluding carboxylic acids is 1. The third kappa shape index (κ3) is 3.40. The van der Waals surface area contributed by atoms with Crippen LogP contribution < -0.4 is 5.32 Å². The molecule has 0 fully saturated rings. The fourth-order valence-electron chi connectivity index (χ4n) is 2.22. The number of nitrogens with zero attached hydrogens (tertiary/aromatic N) is 2. The van der Waals surface area contributed by atoms with Crippen molar-refractivity contribution >= 4 is 45.8 Å². The molecule has 6 heteroatoms. The Bertz CT molecular complexity index is 844. The number of rotatable bonds is 3. The molecule has 0 unspecified atom stereocenters. The van der Waals surface area contributed by atoms with Gasteiger partial charge in [0.15, 0.2) is 0 Å². The highest BCUT2D eigenvalue weighted by Gasteiger charge is 2.21. The number of aryl methyl sites for hydroxylation is 1. The lowest BCUT2D eigenvalue weighted by Gasteiger charge is -2.06. The quantitative estimate of drug-likeness (QED) is 0.604. The van der Waals surface area contributed by atoms with Crippen molar-refractivity contribution in [2.24, 2.45) is 0 Å². The Morgan fingerprint density at radius 2 is 1.78 bits per heavy atom. The molecular formula is C17H13ClIN3O. The van der Waals surface area contributed by atoms with Crippen LogP contribution in [-0.4, -0.2) is 15.7 Å². The van der Waals surface area contributed by atoms with Crippen LogP contribution in [0.1, 0.15) is 16.1 Å². The fourth-order valence-corrected chi connectivity index (χ4v) is 2.94. The summed E-state index contributed by atoms with van der Waals surface area (Å²) in [5.74, 6) is -0.268. The minimum absolute atomic E-state index is 0.268. The van der Waals surface area contributed by atoms with Crippen molar-refractivity contribution in [1.82, 2.24) is 9.78 Å². The van der Waals surface area contributed by atoms with Gasteiger partial charge in [0.1, 0.15) is 10.7 Å². The smallest absolute Gasteiger partial charge is 0.260 e. The summed E-state index contributed by atoms with van der Waals surface area (Å²) in [6, 6.07) is 17.0. The van der Waals surface area contributed by atoms with Gasteiger partial charge in [-0.1, -0.05) is 29.8 Å². The summed E-state index contributed by atoms with van der Waals surface area (Å²) >= 11 is 8.60. The summed E-state index contributed by atoms with van der Waals surface area (Å²) in [5, 5.41) is 7.53. The number of hydrogen-bond acceptors (Lipinski definition) is 2. The molecule has 0 aliphatic heterocycles. The van der Waals surface area contributed by atoms with Crippen molar-refractivity contribution in [3.63, 3.8) is 0 Å². The average Bonchev–Trinajstić information content (AvgIpc) is 2.85. The lowest BCUT2D eigenvalue weighted by Crippen LogP contribution is -2.13. The molecule has 0 saturated carbocycles. The third-order valence-corrected chi connectivity index (χ3v) is 4.40. The maximum Gasteiger partial charge on any atom is 0.260 e. The molecule has 0 aliphatic rings. The van der Waals surface area contributed by atoms with Crippen LogP contribution >= 0.6 is 34.2 Å². The number of anilines is 1. The number of nitrogens with one attached hydrogen (secondary N) is 1. The Kier molecular flexibility index (Phi) is 4.68. The highest BCUT2D eigenvalue weighted by molar-refractivity contribution is 14.1. The molecule has 0 aliphatic carbocycles. The van der Waals surface area contributed by atoms with Gasteiger partial charge in [-0.3, -0.25) is 4.79 Å². The van der Waals surface area contributed by atoms with Crippen LogP contribution in [0.25, 0.3) is 5.69 Å². The predicted octanol–water partition coefficient (Wildman–Crippen LogP) is 4.69. The molecule has 3 aromatic rings. The van der Waals surface area contributed by atoms with Crippen LogP contribution in [-0.2, 0) is 0 Å². The molecule has 1 amide bonds. The summed E-state index contributed by atoms with van der Waals surface area (Å²) in [6.45, 7) is 1.77. The van der Waals surface area contributed by atoms with Gasteiger partial charge in [-0.05, 0) is 65.9 Å². The number of benzene rings is 2. The van der Waals surface area contributed by atoms with Gasteiger partial charge in [0.05, 0.1) is 11.4 Å². The molecule has 1 aromatic heterocycles. The largest absolute Gasteiger partial charge is 0.322 e. The molecule has 2 aromatic carbocycles. The summed E-state index contributed by atoms with van der Waals surface area (Å²) in [5.41, 5.74) is 2.50. The first-order chi connectivity index (χ1) is 11.1. The average molecular weight is 438 g/mol. The highest BCUT2D eigenvalue weighted by Crippen LogP contribution is 2.24. The Morgan fingerprint density at radius 1 is 1.13 bits per heavy atom. The number of para-hydroxylation sites is 1. The monoisotopic (exact) mass is 437 g/mol. The molecule has 0 bridgehead atoms. The molecule has 0 atom stereocenters. The van der Waals surface area contributed by atoms with E-state index in [0.29, 0.717) is 16.4 Å². The van der Waals surface area contributed by atoms with Gasteiger partial charge >= 0.3 is 0 Å². The zero-order chi connectivity index (χ0) is 16.4. The van der Waals surface area contributed by atoms with Crippen molar-refractivity contribution < 1.29 is 4.79 Å². The van der Waals surface area contributed by atoms with Gasteiger partial charge in [-0.2, -0.15) is 5.10 Å². The fraction of sp³-hybridized carbons (Fsp3) is 0.0588. The Labute approximate surface area is 152 Å². The van der Waals surface area contributed by atoms with Crippen molar-refractivity contribution in [3.8, 4) is 5.69 Å². The van der Waals surface area contributed by atoms with Gasteiger partial charge < -0.3 is 5.32 Å². The lowest BCUT2D eigenvalue weighted by molar-refractivity contribution is 0.102. The van der Waals surface area contributed by atoms with E-state index in [1.807, 2.05) is 54.6 Å². The first kappa shape index (κ1) is 16.0. The van der Waals surface area contributed by atoms with Gasteiger partial charge in [-0.25, -0.2) is 4.68 Å². The molecular weight excluding hydrogens is 425 g/mol. The van der Waals surface area contributed by atoms with E-state index in [1.54, 1.807) is 11.6 Å². The van der Waals surface area contributed by atoms with E-state index >= 15 is 0 Å². The zero-order valence-corrected chi connectivity index (χ0v) is 15.2. The highest BCUT2D eigenvalue weighted by atomic mass is 127. The summed E-state index contributed by atoms with van der Waals surface area (Å²) in [4.78, 5) is 12.5. The Balaban J connectivity index is 1.92. The van der Waals surface area contributed by atoms with Gasteiger partial charge in [-0.15, -0.1) is 0 Å². The molecule has 4 nitrogen and oxygen atoms in total. The molecule has 116 valence electrons. The molecule has 0 saturated heterocycles. The lowest BCUT2D eigenvalue weighted by atomic mass is 10.2. The predicted molar refractivity (Wildman–Crippen MR) is 100 cm³/mol. The number of carbonyl (C=O) groups is 1. The Morgan fingerprint density at radius 3 is 2.43 bits per heavy atom. The van der Waals surface area contributed by atoms with E-state index in [0.717, 1.165) is 14.9 Å². The van der Waals surface area contributed by atoms with Crippen molar-refractivity contribution in [2.75, 3.05) is 5.32 Å². The first-order valence-corrected chi connectivity index (χ1v) is 8.39. The number of aromatic nitrogens is 2. The van der Waals surface area contributed by atoms with Crippen LogP contribution in [0.4, 0.5) is 5.69 Å². The van der Waals surface area contributed by atoms with E-state index in [9.17, 15) is 4.79 Å². The molecule has 23 heavy (non-hydrogen) atoms. The van der Waals surface area contributed by atoms with Crippen LogP contribution in [0.3, 0.4) is 0 Å². The number of amides is 1. The van der Waals surface area contributed by atoms with Crippen LogP contribution in [0.15, 0.2) is 54.6 Å². The standard InChI is InChI=1S/C17H13ClIN3O/c1-11-15(17(23)20-13-9-7-12(19)8-10-13)16(18)22(21-11)14-5-3-2-4-6-14/h2-10H,1H3,(H,20,23). The Hall–Kier alpha value is -1.86. The topological polar surface area (TPSA) is 46.9 Å². The van der Waals surface area contributed by atoms with Crippen molar-refractivity contribution in [3.05, 3.63) is 74.6 Å². The van der Waals surface area contributed by atoms with Gasteiger partial charge in [0, 0.05) is 9.26 Å². The van der Waals surface area contributed by atoms with E-state index in [2.05, 4.69) is 33.0 Å². The van der Waals surface area contributed by atoms with Crippen molar-refractivity contribution in [1.29, 1.82) is 0 Å². The number of halogens is 2. The SMILES string of the molecule is Cc1nn(-c2ccccc2)c(Cl)c1C(=O)Nc1ccc(I)cc1. The second-order valence-electron chi connectivity index (χ2n) is 4.96. The van der Waals surface area contributed by atoms with Crippen LogP contribution in [0, 0.1) is 10.5 Å². The van der Waals surface area contributed by atoms with Crippen molar-refractivity contribution in [2.45, 2.75) is 6.92 Å². The van der Waals surface area contributed by atoms with E-state index in [-0.39, 0.29) is 5.91 Å². The van der Waals surface area contributed by atoms with Crippen LogP contribution in [0.5, 0.6) is 0 Å². The molecule has 3 rings (SSSR count). The maximum atomic E-state index is 12.5.